The van der Waals surface area contributed by atoms with E-state index in [0.29, 0.717) is 55.1 Å². The third kappa shape index (κ3) is 6.38. The van der Waals surface area contributed by atoms with Crippen molar-refractivity contribution in [1.29, 1.82) is 0 Å². The summed E-state index contributed by atoms with van der Waals surface area (Å²) in [5, 5.41) is 3.65. The van der Waals surface area contributed by atoms with Gasteiger partial charge in [0, 0.05) is 51.5 Å². The summed E-state index contributed by atoms with van der Waals surface area (Å²) in [4.78, 5) is 31.4. The van der Waals surface area contributed by atoms with E-state index in [-0.39, 0.29) is 11.9 Å². The van der Waals surface area contributed by atoms with Crippen molar-refractivity contribution in [2.45, 2.75) is 12.5 Å². The minimum atomic E-state index is -0.453. The number of benzene rings is 2. The van der Waals surface area contributed by atoms with Gasteiger partial charge in [-0.25, -0.2) is 4.79 Å². The molecule has 176 valence electrons. The molecule has 2 aliphatic rings. The van der Waals surface area contributed by atoms with Crippen LogP contribution in [0.15, 0.2) is 48.5 Å². The molecule has 2 aliphatic heterocycles. The maximum atomic E-state index is 13.0. The molecule has 33 heavy (non-hydrogen) atoms. The molecule has 2 fully saturated rings. The molecule has 0 aliphatic carbocycles. The average Bonchev–Trinajstić information content (AvgIpc) is 2.85. The lowest BCUT2D eigenvalue weighted by Crippen LogP contribution is -2.57. The highest BCUT2D eigenvalue weighted by molar-refractivity contribution is 6.42. The largest absolute Gasteiger partial charge is 0.366 e. The van der Waals surface area contributed by atoms with Crippen LogP contribution in [0.4, 0.5) is 10.5 Å². The molecular weight excluding hydrogens is 463 g/mol. The Morgan fingerprint density at radius 1 is 0.939 bits per heavy atom. The van der Waals surface area contributed by atoms with Gasteiger partial charge in [0.1, 0.15) is 6.10 Å². The molecule has 3 amide bonds. The highest BCUT2D eigenvalue weighted by Crippen LogP contribution is 2.25. The van der Waals surface area contributed by atoms with Gasteiger partial charge in [0.2, 0.25) is 0 Å². The van der Waals surface area contributed by atoms with E-state index in [0.717, 1.165) is 19.5 Å². The van der Waals surface area contributed by atoms with Crippen molar-refractivity contribution in [2.24, 2.45) is 0 Å². The number of amides is 3. The molecular formula is C24H28Cl2N4O3. The van der Waals surface area contributed by atoms with Crippen molar-refractivity contribution < 1.29 is 14.3 Å². The van der Waals surface area contributed by atoms with Crippen LogP contribution in [-0.2, 0) is 16.0 Å². The summed E-state index contributed by atoms with van der Waals surface area (Å²) < 4.78 is 5.80. The third-order valence-electron chi connectivity index (χ3n) is 6.03. The van der Waals surface area contributed by atoms with Crippen LogP contribution in [0.25, 0.3) is 0 Å². The zero-order chi connectivity index (χ0) is 23.2. The van der Waals surface area contributed by atoms with E-state index < -0.39 is 6.10 Å². The second-order valence-electron chi connectivity index (χ2n) is 8.27. The fraction of sp³-hybridized carbons (Fsp3) is 0.417. The van der Waals surface area contributed by atoms with Gasteiger partial charge in [-0.05, 0) is 30.2 Å². The number of ether oxygens (including phenoxy) is 1. The first-order chi connectivity index (χ1) is 16.0. The number of nitrogens with zero attached hydrogens (tertiary/aromatic N) is 3. The topological polar surface area (TPSA) is 65.1 Å². The highest BCUT2D eigenvalue weighted by atomic mass is 35.5. The number of halogens is 2. The maximum absolute atomic E-state index is 13.0. The van der Waals surface area contributed by atoms with Crippen LogP contribution in [0.3, 0.4) is 0 Å². The van der Waals surface area contributed by atoms with Crippen molar-refractivity contribution in [3.8, 4) is 0 Å². The van der Waals surface area contributed by atoms with Crippen molar-refractivity contribution in [3.63, 3.8) is 0 Å². The number of anilines is 1. The van der Waals surface area contributed by atoms with Gasteiger partial charge in [-0.1, -0.05) is 53.5 Å². The van der Waals surface area contributed by atoms with Gasteiger partial charge < -0.3 is 19.9 Å². The summed E-state index contributed by atoms with van der Waals surface area (Å²) in [7, 11) is 0. The Morgan fingerprint density at radius 2 is 1.67 bits per heavy atom. The molecule has 0 bridgehead atoms. The summed E-state index contributed by atoms with van der Waals surface area (Å²) in [6.07, 6.45) is 0.500. The molecule has 7 nitrogen and oxygen atoms in total. The molecule has 1 atom stereocenters. The number of nitrogens with one attached hydrogen (secondary N) is 1. The fourth-order valence-corrected chi connectivity index (χ4v) is 4.39. The van der Waals surface area contributed by atoms with Crippen LogP contribution in [0, 0.1) is 0 Å². The summed E-state index contributed by atoms with van der Waals surface area (Å²) in [5.74, 6) is 0.00366. The van der Waals surface area contributed by atoms with Gasteiger partial charge in [-0.15, -0.1) is 0 Å². The van der Waals surface area contributed by atoms with Crippen LogP contribution in [0.2, 0.25) is 10.0 Å². The predicted molar refractivity (Wildman–Crippen MR) is 130 cm³/mol. The molecule has 2 saturated heterocycles. The first-order valence-corrected chi connectivity index (χ1v) is 11.9. The molecule has 2 aromatic rings. The van der Waals surface area contributed by atoms with Crippen LogP contribution < -0.4 is 5.32 Å². The van der Waals surface area contributed by atoms with Crippen LogP contribution in [-0.4, -0.2) is 85.2 Å². The number of hydrogen-bond donors (Lipinski definition) is 1. The molecule has 1 unspecified atom stereocenters. The summed E-state index contributed by atoms with van der Waals surface area (Å²) in [6.45, 7) is 4.78. The quantitative estimate of drug-likeness (QED) is 0.694. The number of hydrogen-bond acceptors (Lipinski definition) is 4. The maximum Gasteiger partial charge on any atom is 0.321 e. The van der Waals surface area contributed by atoms with E-state index in [2.05, 4.69) is 22.3 Å². The molecule has 0 spiro atoms. The zero-order valence-electron chi connectivity index (χ0n) is 18.4. The first kappa shape index (κ1) is 23.8. The second kappa shape index (κ2) is 11.2. The van der Waals surface area contributed by atoms with E-state index in [1.165, 1.54) is 5.56 Å². The smallest absolute Gasteiger partial charge is 0.321 e. The Balaban J connectivity index is 1.23. The minimum Gasteiger partial charge on any atom is -0.366 e. The van der Waals surface area contributed by atoms with Crippen LogP contribution in [0.5, 0.6) is 0 Å². The summed E-state index contributed by atoms with van der Waals surface area (Å²) >= 11 is 11.9. The Morgan fingerprint density at radius 3 is 2.39 bits per heavy atom. The summed E-state index contributed by atoms with van der Waals surface area (Å²) in [5.41, 5.74) is 1.88. The molecule has 0 radical (unpaired) electrons. The van der Waals surface area contributed by atoms with Crippen molar-refractivity contribution in [3.05, 3.63) is 64.1 Å². The Kier molecular flexibility index (Phi) is 8.09. The second-order valence-corrected chi connectivity index (χ2v) is 9.08. The Bertz CT molecular complexity index is 967. The number of piperazine rings is 1. The zero-order valence-corrected chi connectivity index (χ0v) is 19.9. The Labute approximate surface area is 204 Å². The number of carbonyl (C=O) groups excluding carboxylic acids is 2. The van der Waals surface area contributed by atoms with Gasteiger partial charge >= 0.3 is 6.03 Å². The molecule has 0 aromatic heterocycles. The lowest BCUT2D eigenvalue weighted by atomic mass is 10.1. The van der Waals surface area contributed by atoms with Gasteiger partial charge in [0.05, 0.1) is 16.7 Å². The van der Waals surface area contributed by atoms with E-state index in [4.69, 9.17) is 27.9 Å². The number of rotatable bonds is 5. The monoisotopic (exact) mass is 490 g/mol. The highest BCUT2D eigenvalue weighted by Gasteiger charge is 2.32. The standard InChI is InChI=1S/C24H28Cl2N4O3/c25-20-7-6-19(16-21(20)26)27-24(32)30-12-10-29(11-13-30)23(31)22-17-28(14-15-33-22)9-8-18-4-2-1-3-5-18/h1-7,16,22H,8-15,17H2,(H,27,32). The molecule has 4 rings (SSSR count). The van der Waals surface area contributed by atoms with Crippen molar-refractivity contribution in [2.75, 3.05) is 57.7 Å². The molecule has 2 aromatic carbocycles. The SMILES string of the molecule is O=C(Nc1ccc(Cl)c(Cl)c1)N1CCN(C(=O)C2CN(CCc3ccccc3)CCO2)CC1. The predicted octanol–water partition coefficient (Wildman–Crippen LogP) is 3.61. The van der Waals surface area contributed by atoms with E-state index >= 15 is 0 Å². The Hall–Kier alpha value is -2.32. The number of carbonyl (C=O) groups is 2. The van der Waals surface area contributed by atoms with Crippen molar-refractivity contribution in [1.82, 2.24) is 14.7 Å². The van der Waals surface area contributed by atoms with Crippen molar-refractivity contribution >= 4 is 40.8 Å². The lowest BCUT2D eigenvalue weighted by molar-refractivity contribution is -0.150. The number of urea groups is 1. The van der Waals surface area contributed by atoms with E-state index in [1.54, 1.807) is 28.0 Å². The molecule has 1 N–H and O–H groups in total. The lowest BCUT2D eigenvalue weighted by Gasteiger charge is -2.38. The molecule has 2 heterocycles. The van der Waals surface area contributed by atoms with Crippen LogP contribution >= 0.6 is 23.2 Å². The summed E-state index contributed by atoms with van der Waals surface area (Å²) in [6, 6.07) is 15.1. The fourth-order valence-electron chi connectivity index (χ4n) is 4.10. The normalized spacial score (nSPS) is 19.4. The van der Waals surface area contributed by atoms with Gasteiger partial charge in [-0.2, -0.15) is 0 Å². The average molecular weight is 491 g/mol. The van der Waals surface area contributed by atoms with Gasteiger partial charge in [-0.3, -0.25) is 9.69 Å². The van der Waals surface area contributed by atoms with Gasteiger partial charge in [0.15, 0.2) is 0 Å². The van der Waals surface area contributed by atoms with Crippen LogP contribution in [0.1, 0.15) is 5.56 Å². The van der Waals surface area contributed by atoms with E-state index in [9.17, 15) is 9.59 Å². The molecule has 0 saturated carbocycles. The third-order valence-corrected chi connectivity index (χ3v) is 6.77. The molecule has 9 heteroatoms. The van der Waals surface area contributed by atoms with Gasteiger partial charge in [0.25, 0.3) is 5.91 Å². The minimum absolute atomic E-state index is 0.00366. The van der Waals surface area contributed by atoms with E-state index in [1.807, 2.05) is 18.2 Å². The number of morpholine rings is 1. The first-order valence-electron chi connectivity index (χ1n) is 11.2.